The number of nitrogens with zero attached hydrogens (tertiary/aromatic N) is 1. The van der Waals surface area contributed by atoms with Crippen LogP contribution in [0.15, 0.2) is 0 Å². The average molecular weight is 169 g/mol. The summed E-state index contributed by atoms with van der Waals surface area (Å²) in [7, 11) is 2.14. The largest absolute Gasteiger partial charge is 0.306 e. The SMILES string of the molecule is CN1CCCCCC(=O)CCC1. The van der Waals surface area contributed by atoms with E-state index in [0.29, 0.717) is 5.78 Å². The smallest absolute Gasteiger partial charge is 0.132 e. The number of ketones is 1. The van der Waals surface area contributed by atoms with Gasteiger partial charge in [0, 0.05) is 12.8 Å². The lowest BCUT2D eigenvalue weighted by Crippen LogP contribution is -2.22. The topological polar surface area (TPSA) is 20.3 Å². The fourth-order valence-electron chi connectivity index (χ4n) is 1.66. The number of rotatable bonds is 0. The van der Waals surface area contributed by atoms with Crippen LogP contribution in [0.25, 0.3) is 0 Å². The predicted octanol–water partition coefficient (Wildman–Crippen LogP) is 1.84. The molecule has 70 valence electrons. The summed E-state index contributed by atoms with van der Waals surface area (Å²) in [4.78, 5) is 13.5. The monoisotopic (exact) mass is 169 g/mol. The van der Waals surface area contributed by atoms with Gasteiger partial charge >= 0.3 is 0 Å². The lowest BCUT2D eigenvalue weighted by Gasteiger charge is -2.17. The van der Waals surface area contributed by atoms with Crippen LogP contribution >= 0.6 is 0 Å². The molecule has 1 aliphatic rings. The third-order valence-electron chi connectivity index (χ3n) is 2.49. The summed E-state index contributed by atoms with van der Waals surface area (Å²) in [6, 6.07) is 0. The van der Waals surface area contributed by atoms with Gasteiger partial charge in [0.05, 0.1) is 0 Å². The van der Waals surface area contributed by atoms with Gasteiger partial charge in [-0.25, -0.2) is 0 Å². The van der Waals surface area contributed by atoms with Crippen LogP contribution in [-0.2, 0) is 4.79 Å². The molecule has 0 radical (unpaired) electrons. The molecule has 1 heterocycles. The Bertz CT molecular complexity index is 145. The van der Waals surface area contributed by atoms with Gasteiger partial charge < -0.3 is 4.90 Å². The maximum atomic E-state index is 11.2. The molecule has 0 amide bonds. The Morgan fingerprint density at radius 2 is 1.67 bits per heavy atom. The molecule has 0 saturated carbocycles. The van der Waals surface area contributed by atoms with Crippen molar-refractivity contribution in [3.05, 3.63) is 0 Å². The minimum Gasteiger partial charge on any atom is -0.306 e. The van der Waals surface area contributed by atoms with Crippen LogP contribution in [0.3, 0.4) is 0 Å². The standard InChI is InChI=1S/C10H19NO/c1-11-8-4-2-3-6-10(12)7-5-9-11/h2-9H2,1H3. The molecule has 0 aliphatic carbocycles. The second-order valence-corrected chi connectivity index (χ2v) is 3.76. The Kier molecular flexibility index (Phi) is 4.30. The molecule has 2 nitrogen and oxygen atoms in total. The molecule has 0 aromatic rings. The van der Waals surface area contributed by atoms with Crippen molar-refractivity contribution in [3.63, 3.8) is 0 Å². The van der Waals surface area contributed by atoms with Crippen molar-refractivity contribution in [2.24, 2.45) is 0 Å². The highest BCUT2D eigenvalue weighted by atomic mass is 16.1. The van der Waals surface area contributed by atoms with Crippen molar-refractivity contribution in [1.29, 1.82) is 0 Å². The summed E-state index contributed by atoms with van der Waals surface area (Å²) in [5.74, 6) is 0.463. The summed E-state index contributed by atoms with van der Waals surface area (Å²) in [6.45, 7) is 2.29. The molecule has 0 aromatic heterocycles. The number of hydrogen-bond donors (Lipinski definition) is 0. The minimum atomic E-state index is 0.463. The zero-order valence-electron chi connectivity index (χ0n) is 8.01. The summed E-state index contributed by atoms with van der Waals surface area (Å²) in [5.41, 5.74) is 0. The van der Waals surface area contributed by atoms with E-state index in [-0.39, 0.29) is 0 Å². The van der Waals surface area contributed by atoms with Crippen LogP contribution in [0.1, 0.15) is 38.5 Å². The van der Waals surface area contributed by atoms with E-state index in [9.17, 15) is 4.79 Å². The maximum Gasteiger partial charge on any atom is 0.132 e. The molecule has 1 saturated heterocycles. The molecule has 1 fully saturated rings. The molecule has 0 spiro atoms. The highest BCUT2D eigenvalue weighted by molar-refractivity contribution is 5.78. The van der Waals surface area contributed by atoms with Gasteiger partial charge in [0.15, 0.2) is 0 Å². The highest BCUT2D eigenvalue weighted by Crippen LogP contribution is 2.07. The molecule has 1 rings (SSSR count). The van der Waals surface area contributed by atoms with Gasteiger partial charge in [0.1, 0.15) is 5.78 Å². The molecular formula is C10H19NO. The van der Waals surface area contributed by atoms with Gasteiger partial charge in [0.2, 0.25) is 0 Å². The fraction of sp³-hybridized carbons (Fsp3) is 0.900. The second kappa shape index (κ2) is 5.31. The molecule has 1 aliphatic heterocycles. The summed E-state index contributed by atoms with van der Waals surface area (Å²) in [5, 5.41) is 0. The van der Waals surface area contributed by atoms with E-state index in [4.69, 9.17) is 0 Å². The zero-order valence-corrected chi connectivity index (χ0v) is 8.01. The molecule has 0 unspecified atom stereocenters. The first-order valence-corrected chi connectivity index (χ1v) is 4.99. The second-order valence-electron chi connectivity index (χ2n) is 3.76. The summed E-state index contributed by atoms with van der Waals surface area (Å²) >= 11 is 0. The number of carbonyl (C=O) groups excluding carboxylic acids is 1. The van der Waals surface area contributed by atoms with E-state index in [1.807, 2.05) is 0 Å². The first-order valence-electron chi connectivity index (χ1n) is 4.99. The van der Waals surface area contributed by atoms with E-state index in [0.717, 1.165) is 32.2 Å². The summed E-state index contributed by atoms with van der Waals surface area (Å²) < 4.78 is 0. The number of carbonyl (C=O) groups is 1. The van der Waals surface area contributed by atoms with Gasteiger partial charge in [-0.2, -0.15) is 0 Å². The zero-order chi connectivity index (χ0) is 8.81. The van der Waals surface area contributed by atoms with E-state index in [1.165, 1.54) is 19.4 Å². The predicted molar refractivity (Wildman–Crippen MR) is 50.2 cm³/mol. The van der Waals surface area contributed by atoms with Gasteiger partial charge in [-0.15, -0.1) is 0 Å². The molecular weight excluding hydrogens is 150 g/mol. The van der Waals surface area contributed by atoms with E-state index < -0.39 is 0 Å². The number of Topliss-reactive ketones (excluding diaryl/α,β-unsaturated/α-hetero) is 1. The fourth-order valence-corrected chi connectivity index (χ4v) is 1.66. The van der Waals surface area contributed by atoms with Gasteiger partial charge in [0.25, 0.3) is 0 Å². The van der Waals surface area contributed by atoms with Crippen LogP contribution in [0.5, 0.6) is 0 Å². The third kappa shape index (κ3) is 3.86. The Morgan fingerprint density at radius 1 is 1.00 bits per heavy atom. The van der Waals surface area contributed by atoms with E-state index in [2.05, 4.69) is 11.9 Å². The molecule has 12 heavy (non-hydrogen) atoms. The van der Waals surface area contributed by atoms with E-state index in [1.54, 1.807) is 0 Å². The minimum absolute atomic E-state index is 0.463. The van der Waals surface area contributed by atoms with Crippen LogP contribution in [0.2, 0.25) is 0 Å². The van der Waals surface area contributed by atoms with Gasteiger partial charge in [-0.1, -0.05) is 6.42 Å². The highest BCUT2D eigenvalue weighted by Gasteiger charge is 2.06. The first kappa shape index (κ1) is 9.72. The van der Waals surface area contributed by atoms with Crippen molar-refractivity contribution in [2.45, 2.75) is 38.5 Å². The Balaban J connectivity index is 2.26. The van der Waals surface area contributed by atoms with Crippen molar-refractivity contribution in [3.8, 4) is 0 Å². The Morgan fingerprint density at radius 3 is 2.50 bits per heavy atom. The van der Waals surface area contributed by atoms with Crippen molar-refractivity contribution in [1.82, 2.24) is 4.90 Å². The lowest BCUT2D eigenvalue weighted by atomic mass is 10.1. The van der Waals surface area contributed by atoms with E-state index >= 15 is 0 Å². The van der Waals surface area contributed by atoms with Crippen LogP contribution in [-0.4, -0.2) is 30.8 Å². The average Bonchev–Trinajstić information content (AvgIpc) is 2.04. The van der Waals surface area contributed by atoms with Gasteiger partial charge in [-0.05, 0) is 39.4 Å². The summed E-state index contributed by atoms with van der Waals surface area (Å²) in [6.07, 6.45) is 6.25. The first-order chi connectivity index (χ1) is 5.79. The normalized spacial score (nSPS) is 23.9. The number of hydrogen-bond acceptors (Lipinski definition) is 2. The van der Waals surface area contributed by atoms with Crippen LogP contribution in [0.4, 0.5) is 0 Å². The third-order valence-corrected chi connectivity index (χ3v) is 2.49. The molecule has 2 heteroatoms. The maximum absolute atomic E-state index is 11.2. The van der Waals surface area contributed by atoms with Crippen LogP contribution in [0, 0.1) is 0 Å². The van der Waals surface area contributed by atoms with Crippen molar-refractivity contribution >= 4 is 5.78 Å². The molecule has 0 bridgehead atoms. The Hall–Kier alpha value is -0.370. The molecule has 0 aromatic carbocycles. The Labute approximate surface area is 74.9 Å². The van der Waals surface area contributed by atoms with Crippen LogP contribution < -0.4 is 0 Å². The quantitative estimate of drug-likeness (QED) is 0.551. The lowest BCUT2D eigenvalue weighted by molar-refractivity contribution is -0.119. The van der Waals surface area contributed by atoms with Crippen molar-refractivity contribution < 1.29 is 4.79 Å². The molecule has 0 atom stereocenters. The van der Waals surface area contributed by atoms with Crippen molar-refractivity contribution in [2.75, 3.05) is 20.1 Å². The molecule has 0 N–H and O–H groups in total. The van der Waals surface area contributed by atoms with Gasteiger partial charge in [-0.3, -0.25) is 4.79 Å².